The number of nitrogens with zero attached hydrogens (tertiary/aromatic N) is 1. The van der Waals surface area contributed by atoms with Gasteiger partial charge in [0.15, 0.2) is 0 Å². The van der Waals surface area contributed by atoms with Crippen LogP contribution in [0, 0.1) is 11.6 Å². The highest BCUT2D eigenvalue weighted by Crippen LogP contribution is 2.27. The van der Waals surface area contributed by atoms with E-state index in [-0.39, 0.29) is 18.3 Å². The largest absolute Gasteiger partial charge is 0.472 e. The topological polar surface area (TPSA) is 34.1 Å². The fraction of sp³-hybridized carbons (Fsp3) is 0.267. The van der Waals surface area contributed by atoms with Crippen molar-refractivity contribution >= 4 is 28.5 Å². The molecule has 0 radical (unpaired) electrons. The van der Waals surface area contributed by atoms with Gasteiger partial charge in [-0.2, -0.15) is 0 Å². The van der Waals surface area contributed by atoms with E-state index in [9.17, 15) is 8.78 Å². The van der Waals surface area contributed by atoms with Gasteiger partial charge in [0, 0.05) is 18.7 Å². The van der Waals surface area contributed by atoms with E-state index in [1.807, 2.05) is 6.08 Å². The van der Waals surface area contributed by atoms with E-state index >= 15 is 0 Å². The molecule has 0 fully saturated rings. The van der Waals surface area contributed by atoms with E-state index < -0.39 is 5.82 Å². The van der Waals surface area contributed by atoms with Crippen molar-refractivity contribution in [3.05, 3.63) is 50.8 Å². The molecular formula is C15H13ClF2N2OS. The summed E-state index contributed by atoms with van der Waals surface area (Å²) in [5.74, 6) is -0.524. The molecule has 7 heteroatoms. The van der Waals surface area contributed by atoms with Gasteiger partial charge in [0.25, 0.3) is 0 Å². The van der Waals surface area contributed by atoms with Gasteiger partial charge in [-0.05, 0) is 24.6 Å². The fourth-order valence-corrected chi connectivity index (χ4v) is 3.23. The number of nitrogens with one attached hydrogen (secondary N) is 1. The number of hydrogen-bond acceptors (Lipinski definition) is 4. The minimum Gasteiger partial charge on any atom is -0.472 e. The second-order valence-corrected chi connectivity index (χ2v) is 6.54. The van der Waals surface area contributed by atoms with Crippen molar-refractivity contribution in [2.45, 2.75) is 13.0 Å². The van der Waals surface area contributed by atoms with E-state index in [0.29, 0.717) is 27.9 Å². The van der Waals surface area contributed by atoms with E-state index in [1.54, 1.807) is 0 Å². The lowest BCUT2D eigenvalue weighted by Crippen LogP contribution is -2.20. The van der Waals surface area contributed by atoms with Crippen molar-refractivity contribution in [1.29, 1.82) is 0 Å². The Labute approximate surface area is 135 Å². The summed E-state index contributed by atoms with van der Waals surface area (Å²) >= 11 is 6.85. The quantitative estimate of drug-likeness (QED) is 0.911. The summed E-state index contributed by atoms with van der Waals surface area (Å²) in [6.07, 6.45) is 2.62. The summed E-state index contributed by atoms with van der Waals surface area (Å²) < 4.78 is 33.3. The van der Waals surface area contributed by atoms with Crippen LogP contribution in [0.15, 0.2) is 24.3 Å². The Morgan fingerprint density at radius 2 is 2.18 bits per heavy atom. The van der Waals surface area contributed by atoms with Crippen LogP contribution in [0.5, 0.6) is 5.88 Å². The molecule has 2 aromatic heterocycles. The van der Waals surface area contributed by atoms with E-state index in [2.05, 4.69) is 10.3 Å². The van der Waals surface area contributed by atoms with Crippen molar-refractivity contribution in [1.82, 2.24) is 10.3 Å². The minimum atomic E-state index is -0.404. The smallest absolute Gasteiger partial charge is 0.214 e. The van der Waals surface area contributed by atoms with Gasteiger partial charge in [-0.1, -0.05) is 17.7 Å². The zero-order chi connectivity index (χ0) is 15.5. The molecule has 0 bridgehead atoms. The van der Waals surface area contributed by atoms with Gasteiger partial charge in [-0.3, -0.25) is 0 Å². The molecule has 1 aliphatic rings. The number of ether oxygens (including phenoxy) is 1. The second kappa shape index (κ2) is 6.73. The standard InChI is InChI=1S/C15H13ClF2N2OS/c16-13-7-11(18)12(22-13)8-21-14-2-1-10(17)15(20-14)9-3-5-19-6-4-9/h1-3,7,19H,4-6,8H2. The van der Waals surface area contributed by atoms with Crippen LogP contribution in [-0.2, 0) is 6.61 Å². The molecule has 0 saturated carbocycles. The first-order valence-corrected chi connectivity index (χ1v) is 7.96. The Bertz CT molecular complexity index is 718. The van der Waals surface area contributed by atoms with E-state index in [0.717, 1.165) is 23.5 Å². The zero-order valence-corrected chi connectivity index (χ0v) is 13.1. The van der Waals surface area contributed by atoms with Crippen LogP contribution < -0.4 is 10.1 Å². The predicted octanol–water partition coefficient (Wildman–Crippen LogP) is 4.03. The maximum atomic E-state index is 13.9. The number of thiophene rings is 1. The first-order chi connectivity index (χ1) is 10.6. The first kappa shape index (κ1) is 15.4. The maximum absolute atomic E-state index is 13.9. The SMILES string of the molecule is Fc1ccc(OCc2sc(Cl)cc2F)nc1C1=CCNCC1. The Kier molecular flexibility index (Phi) is 4.71. The Morgan fingerprint density at radius 1 is 1.32 bits per heavy atom. The average Bonchev–Trinajstić information content (AvgIpc) is 2.85. The fourth-order valence-electron chi connectivity index (χ4n) is 2.18. The molecule has 0 unspecified atom stereocenters. The summed E-state index contributed by atoms with van der Waals surface area (Å²) in [5.41, 5.74) is 1.15. The normalized spacial score (nSPS) is 14.8. The molecule has 3 heterocycles. The highest BCUT2D eigenvalue weighted by molar-refractivity contribution is 7.16. The molecule has 0 aromatic carbocycles. The molecule has 1 N–H and O–H groups in total. The maximum Gasteiger partial charge on any atom is 0.214 e. The lowest BCUT2D eigenvalue weighted by Gasteiger charge is -2.15. The number of pyridine rings is 1. The van der Waals surface area contributed by atoms with Gasteiger partial charge < -0.3 is 10.1 Å². The number of hydrogen-bond donors (Lipinski definition) is 1. The van der Waals surface area contributed by atoms with Crippen LogP contribution in [0.1, 0.15) is 17.0 Å². The number of halogens is 3. The second-order valence-electron chi connectivity index (χ2n) is 4.77. The van der Waals surface area contributed by atoms with Gasteiger partial charge >= 0.3 is 0 Å². The van der Waals surface area contributed by atoms with Gasteiger partial charge in [-0.25, -0.2) is 13.8 Å². The molecule has 1 aliphatic heterocycles. The van der Waals surface area contributed by atoms with Crippen molar-refractivity contribution in [3.63, 3.8) is 0 Å². The molecular weight excluding hydrogens is 330 g/mol. The van der Waals surface area contributed by atoms with Crippen LogP contribution in [-0.4, -0.2) is 18.1 Å². The third kappa shape index (κ3) is 3.45. The van der Waals surface area contributed by atoms with E-state index in [4.69, 9.17) is 16.3 Å². The Balaban J connectivity index is 1.77. The predicted molar refractivity (Wildman–Crippen MR) is 83.3 cm³/mol. The van der Waals surface area contributed by atoms with Crippen LogP contribution in [0.3, 0.4) is 0 Å². The summed E-state index contributed by atoms with van der Waals surface area (Å²) in [4.78, 5) is 4.59. The number of rotatable bonds is 4. The van der Waals surface area contributed by atoms with Gasteiger partial charge in [-0.15, -0.1) is 11.3 Å². The highest BCUT2D eigenvalue weighted by atomic mass is 35.5. The summed E-state index contributed by atoms with van der Waals surface area (Å²) in [5, 5.41) is 3.16. The van der Waals surface area contributed by atoms with Gasteiger partial charge in [0.05, 0.1) is 9.21 Å². The molecule has 116 valence electrons. The molecule has 0 amide bonds. The zero-order valence-electron chi connectivity index (χ0n) is 11.5. The summed E-state index contributed by atoms with van der Waals surface area (Å²) in [6, 6.07) is 4.00. The summed E-state index contributed by atoms with van der Waals surface area (Å²) in [6.45, 7) is 1.50. The molecule has 22 heavy (non-hydrogen) atoms. The molecule has 2 aromatic rings. The van der Waals surface area contributed by atoms with Crippen molar-refractivity contribution in [3.8, 4) is 5.88 Å². The highest BCUT2D eigenvalue weighted by Gasteiger charge is 2.14. The van der Waals surface area contributed by atoms with Gasteiger partial charge in [0.2, 0.25) is 5.88 Å². The van der Waals surface area contributed by atoms with Crippen LogP contribution in [0.2, 0.25) is 4.34 Å². The van der Waals surface area contributed by atoms with Crippen molar-refractivity contribution in [2.24, 2.45) is 0 Å². The lowest BCUT2D eigenvalue weighted by atomic mass is 10.1. The number of aromatic nitrogens is 1. The Morgan fingerprint density at radius 3 is 2.86 bits per heavy atom. The first-order valence-electron chi connectivity index (χ1n) is 6.76. The lowest BCUT2D eigenvalue weighted by molar-refractivity contribution is 0.291. The van der Waals surface area contributed by atoms with Crippen molar-refractivity contribution < 1.29 is 13.5 Å². The molecule has 0 atom stereocenters. The average molecular weight is 343 g/mol. The molecule has 3 nitrogen and oxygen atoms in total. The van der Waals surface area contributed by atoms with Crippen LogP contribution in [0.25, 0.3) is 5.57 Å². The molecule has 0 aliphatic carbocycles. The van der Waals surface area contributed by atoms with Crippen LogP contribution >= 0.6 is 22.9 Å². The van der Waals surface area contributed by atoms with Crippen LogP contribution in [0.4, 0.5) is 8.78 Å². The van der Waals surface area contributed by atoms with Crippen molar-refractivity contribution in [2.75, 3.05) is 13.1 Å². The molecule has 0 saturated heterocycles. The Hall–Kier alpha value is -1.50. The minimum absolute atomic E-state index is 0.0158. The molecule has 3 rings (SSSR count). The third-order valence-corrected chi connectivity index (χ3v) is 4.48. The third-order valence-electron chi connectivity index (χ3n) is 3.27. The van der Waals surface area contributed by atoms with E-state index in [1.165, 1.54) is 18.2 Å². The summed E-state index contributed by atoms with van der Waals surface area (Å²) in [7, 11) is 0. The monoisotopic (exact) mass is 342 g/mol. The molecule has 0 spiro atoms. The van der Waals surface area contributed by atoms with Gasteiger partial charge in [0.1, 0.15) is 23.9 Å².